The van der Waals surface area contributed by atoms with Crippen molar-refractivity contribution in [3.63, 3.8) is 0 Å². The third-order valence-electron chi connectivity index (χ3n) is 1.00. The second-order valence-corrected chi connectivity index (χ2v) is 2.38. The van der Waals surface area contributed by atoms with Gasteiger partial charge < -0.3 is 5.11 Å². The van der Waals surface area contributed by atoms with Gasteiger partial charge in [0.05, 0.1) is 5.38 Å². The van der Waals surface area contributed by atoms with Gasteiger partial charge in [-0.1, -0.05) is 11.3 Å². The molecule has 0 saturated carbocycles. The smallest absolute Gasteiger partial charge is 0.225 e. The van der Waals surface area contributed by atoms with Crippen LogP contribution in [0.3, 0.4) is 0 Å². The van der Waals surface area contributed by atoms with E-state index in [1.165, 1.54) is 22.2 Å². The van der Waals surface area contributed by atoms with Crippen LogP contribution in [0.5, 0.6) is 5.88 Å². The Bertz CT molecular complexity index is 325. The van der Waals surface area contributed by atoms with Gasteiger partial charge in [-0.3, -0.25) is 0 Å². The maximum Gasteiger partial charge on any atom is 0.225 e. The van der Waals surface area contributed by atoms with Gasteiger partial charge in [0.15, 0.2) is 0 Å². The Hall–Kier alpha value is -1.10. The Balaban J connectivity index is 2.99. The molecule has 0 atom stereocenters. The van der Waals surface area contributed by atoms with Crippen molar-refractivity contribution in [2.45, 2.75) is 0 Å². The molecule has 9 heavy (non-hydrogen) atoms. The maximum atomic E-state index is 8.97. The highest BCUT2D eigenvalue weighted by molar-refractivity contribution is 7.15. The van der Waals surface area contributed by atoms with Crippen LogP contribution in [-0.4, -0.2) is 19.7 Å². The van der Waals surface area contributed by atoms with E-state index >= 15 is 0 Å². The minimum atomic E-state index is 0.146. The molecule has 5 heteroatoms. The first-order valence-corrected chi connectivity index (χ1v) is 3.22. The highest BCUT2D eigenvalue weighted by Crippen LogP contribution is 2.16. The molecule has 4 nitrogen and oxygen atoms in total. The van der Waals surface area contributed by atoms with Crippen LogP contribution in [0, 0.1) is 0 Å². The lowest BCUT2D eigenvalue weighted by atomic mass is 10.9. The Morgan fingerprint density at radius 3 is 3.33 bits per heavy atom. The zero-order valence-corrected chi connectivity index (χ0v) is 5.17. The molecule has 0 aliphatic rings. The molecular weight excluding hydrogens is 138 g/mol. The Labute approximate surface area is 54.4 Å². The number of aromatic nitrogens is 3. The van der Waals surface area contributed by atoms with Crippen LogP contribution in [0.4, 0.5) is 0 Å². The Morgan fingerprint density at radius 2 is 2.56 bits per heavy atom. The van der Waals surface area contributed by atoms with Crippen molar-refractivity contribution >= 4 is 16.3 Å². The zero-order valence-electron chi connectivity index (χ0n) is 4.35. The van der Waals surface area contributed by atoms with E-state index in [2.05, 4.69) is 10.1 Å². The van der Waals surface area contributed by atoms with E-state index in [4.69, 9.17) is 5.11 Å². The fourth-order valence-electron chi connectivity index (χ4n) is 0.624. The predicted molar refractivity (Wildman–Crippen MR) is 32.5 cm³/mol. The number of fused-ring (bicyclic) bond motifs is 1. The summed E-state index contributed by atoms with van der Waals surface area (Å²) >= 11 is 1.36. The first-order valence-electron chi connectivity index (χ1n) is 2.34. The van der Waals surface area contributed by atoms with Crippen molar-refractivity contribution in [1.29, 1.82) is 0 Å². The molecule has 0 bridgehead atoms. The Kier molecular flexibility index (Phi) is 0.762. The van der Waals surface area contributed by atoms with Gasteiger partial charge in [-0.05, 0) is 0 Å². The molecule has 0 aromatic carbocycles. The van der Waals surface area contributed by atoms with Gasteiger partial charge in [-0.15, -0.1) is 0 Å². The lowest BCUT2D eigenvalue weighted by Gasteiger charge is -1.79. The minimum Gasteiger partial charge on any atom is -0.493 e. The fraction of sp³-hybridized carbons (Fsp3) is 0. The van der Waals surface area contributed by atoms with Crippen molar-refractivity contribution in [3.05, 3.63) is 11.7 Å². The van der Waals surface area contributed by atoms with E-state index in [0.29, 0.717) is 4.96 Å². The lowest BCUT2D eigenvalue weighted by Crippen LogP contribution is -1.78. The minimum absolute atomic E-state index is 0.146. The average Bonchev–Trinajstić information content (AvgIpc) is 2.35. The van der Waals surface area contributed by atoms with E-state index < -0.39 is 0 Å². The van der Waals surface area contributed by atoms with E-state index in [-0.39, 0.29) is 5.88 Å². The van der Waals surface area contributed by atoms with Crippen molar-refractivity contribution in [3.8, 4) is 5.88 Å². The number of hydrogen-bond acceptors (Lipinski definition) is 4. The van der Waals surface area contributed by atoms with E-state index in [0.717, 1.165) is 0 Å². The van der Waals surface area contributed by atoms with Crippen LogP contribution >= 0.6 is 11.3 Å². The van der Waals surface area contributed by atoms with Gasteiger partial charge >= 0.3 is 0 Å². The molecule has 2 heterocycles. The van der Waals surface area contributed by atoms with Crippen LogP contribution in [0.15, 0.2) is 11.7 Å². The third kappa shape index (κ3) is 0.517. The molecule has 0 spiro atoms. The molecular formula is C4H3N3OS. The molecule has 2 aromatic heterocycles. The van der Waals surface area contributed by atoms with Crippen molar-refractivity contribution in [2.24, 2.45) is 0 Å². The van der Waals surface area contributed by atoms with Crippen LogP contribution in [0.1, 0.15) is 0 Å². The van der Waals surface area contributed by atoms with E-state index in [1.54, 1.807) is 5.38 Å². The molecule has 0 fully saturated rings. The first-order chi connectivity index (χ1) is 4.38. The molecule has 2 rings (SSSR count). The summed E-state index contributed by atoms with van der Waals surface area (Å²) in [7, 11) is 0. The fourth-order valence-corrected chi connectivity index (χ4v) is 1.28. The van der Waals surface area contributed by atoms with Crippen LogP contribution in [0.2, 0.25) is 0 Å². The second-order valence-electron chi connectivity index (χ2n) is 1.55. The lowest BCUT2D eigenvalue weighted by molar-refractivity contribution is 0.440. The first kappa shape index (κ1) is 4.75. The molecule has 1 N–H and O–H groups in total. The van der Waals surface area contributed by atoms with Crippen molar-refractivity contribution in [2.75, 3.05) is 0 Å². The normalized spacial score (nSPS) is 10.7. The quantitative estimate of drug-likeness (QED) is 0.581. The van der Waals surface area contributed by atoms with E-state index in [1.807, 2.05) is 0 Å². The molecule has 0 aliphatic carbocycles. The zero-order chi connectivity index (χ0) is 6.27. The summed E-state index contributed by atoms with van der Waals surface area (Å²) in [5, 5.41) is 14.3. The van der Waals surface area contributed by atoms with Crippen LogP contribution in [0.25, 0.3) is 4.96 Å². The largest absolute Gasteiger partial charge is 0.493 e. The highest BCUT2D eigenvalue weighted by Gasteiger charge is 2.00. The molecule has 0 saturated heterocycles. The Morgan fingerprint density at radius 1 is 1.67 bits per heavy atom. The van der Waals surface area contributed by atoms with Crippen molar-refractivity contribution in [1.82, 2.24) is 14.6 Å². The summed E-state index contributed by atoms with van der Waals surface area (Å²) in [6.07, 6.45) is 1.41. The molecule has 46 valence electrons. The predicted octanol–water partition coefficient (Wildman–Crippen LogP) is 0.496. The summed E-state index contributed by atoms with van der Waals surface area (Å²) in [6.45, 7) is 0. The molecule has 2 aromatic rings. The highest BCUT2D eigenvalue weighted by atomic mass is 32.1. The van der Waals surface area contributed by atoms with Crippen LogP contribution in [-0.2, 0) is 0 Å². The summed E-state index contributed by atoms with van der Waals surface area (Å²) in [5.74, 6) is 0.146. The SMILES string of the molecule is Oc1csc2ncnn12. The van der Waals surface area contributed by atoms with Crippen LogP contribution < -0.4 is 0 Å². The number of thiazole rings is 1. The molecule has 0 unspecified atom stereocenters. The number of rotatable bonds is 0. The van der Waals surface area contributed by atoms with Gasteiger partial charge in [0, 0.05) is 0 Å². The number of aromatic hydroxyl groups is 1. The monoisotopic (exact) mass is 141 g/mol. The third-order valence-corrected chi connectivity index (χ3v) is 1.82. The summed E-state index contributed by atoms with van der Waals surface area (Å²) in [6, 6.07) is 0. The van der Waals surface area contributed by atoms with Crippen molar-refractivity contribution < 1.29 is 5.11 Å². The standard InChI is InChI=1S/C4H3N3OS/c8-3-1-9-4-5-2-6-7(3)4/h1-2,8H. The van der Waals surface area contributed by atoms with Gasteiger partial charge in [-0.25, -0.2) is 4.98 Å². The topological polar surface area (TPSA) is 50.4 Å². The molecule has 0 aliphatic heterocycles. The van der Waals surface area contributed by atoms with Gasteiger partial charge in [0.25, 0.3) is 0 Å². The number of hydrogen-bond donors (Lipinski definition) is 1. The maximum absolute atomic E-state index is 8.97. The van der Waals surface area contributed by atoms with Gasteiger partial charge in [0.1, 0.15) is 6.33 Å². The molecule has 0 radical (unpaired) electrons. The average molecular weight is 141 g/mol. The summed E-state index contributed by atoms with van der Waals surface area (Å²) < 4.78 is 1.38. The summed E-state index contributed by atoms with van der Waals surface area (Å²) in [5.41, 5.74) is 0. The van der Waals surface area contributed by atoms with E-state index in [9.17, 15) is 0 Å². The molecule has 0 amide bonds. The summed E-state index contributed by atoms with van der Waals surface area (Å²) in [4.78, 5) is 4.57. The second kappa shape index (κ2) is 1.44. The number of nitrogens with zero attached hydrogens (tertiary/aromatic N) is 3. The van der Waals surface area contributed by atoms with Gasteiger partial charge in [-0.2, -0.15) is 9.61 Å². The van der Waals surface area contributed by atoms with Gasteiger partial charge in [0.2, 0.25) is 10.8 Å².